The van der Waals surface area contributed by atoms with Gasteiger partial charge in [-0.25, -0.2) is 0 Å². The highest BCUT2D eigenvalue weighted by Gasteiger charge is 2.24. The van der Waals surface area contributed by atoms with Crippen LogP contribution < -0.4 is 9.47 Å². The van der Waals surface area contributed by atoms with E-state index in [-0.39, 0.29) is 0 Å². The third-order valence-corrected chi connectivity index (χ3v) is 3.61. The van der Waals surface area contributed by atoms with Gasteiger partial charge in [0.25, 0.3) is 0 Å². The molecule has 106 valence electrons. The minimum absolute atomic E-state index is 0.801. The first-order chi connectivity index (χ1) is 9.26. The van der Waals surface area contributed by atoms with E-state index in [0.29, 0.717) is 0 Å². The maximum absolute atomic E-state index is 5.37. The van der Waals surface area contributed by atoms with E-state index >= 15 is 0 Å². The Morgan fingerprint density at radius 2 is 1.89 bits per heavy atom. The van der Waals surface area contributed by atoms with Crippen LogP contribution in [0.25, 0.3) is 0 Å². The monoisotopic (exact) mass is 263 g/mol. The number of hydrogen-bond donors (Lipinski definition) is 0. The third-order valence-electron chi connectivity index (χ3n) is 3.61. The van der Waals surface area contributed by atoms with Crippen LogP contribution in [0, 0.1) is 5.92 Å². The minimum Gasteiger partial charge on any atom is -0.493 e. The standard InChI is InChI=1S/C16H25NO2/c1-4-9-17(11-13-5-6-13)12-14-7-8-15(18-2)16(10-14)19-3/h7-8,10,13H,4-6,9,11-12H2,1-3H3. The molecular formula is C16H25NO2. The zero-order chi connectivity index (χ0) is 13.7. The fourth-order valence-corrected chi connectivity index (χ4v) is 2.45. The van der Waals surface area contributed by atoms with Crippen LogP contribution in [-0.4, -0.2) is 32.2 Å². The lowest BCUT2D eigenvalue weighted by molar-refractivity contribution is 0.254. The Bertz CT molecular complexity index is 402. The molecule has 0 radical (unpaired) electrons. The van der Waals surface area contributed by atoms with Crippen molar-refractivity contribution in [2.75, 3.05) is 27.3 Å². The molecule has 0 unspecified atom stereocenters. The molecule has 1 aliphatic rings. The Labute approximate surface area is 116 Å². The molecule has 0 saturated heterocycles. The second-order valence-electron chi connectivity index (χ2n) is 5.37. The van der Waals surface area contributed by atoms with Gasteiger partial charge in [-0.15, -0.1) is 0 Å². The SMILES string of the molecule is CCCN(Cc1ccc(OC)c(OC)c1)CC1CC1. The smallest absolute Gasteiger partial charge is 0.161 e. The van der Waals surface area contributed by atoms with Gasteiger partial charge in [0.15, 0.2) is 11.5 Å². The number of benzene rings is 1. The van der Waals surface area contributed by atoms with E-state index in [1.807, 2.05) is 6.07 Å². The van der Waals surface area contributed by atoms with Crippen molar-refractivity contribution in [1.82, 2.24) is 4.90 Å². The molecule has 0 atom stereocenters. The summed E-state index contributed by atoms with van der Waals surface area (Å²) in [6.45, 7) is 5.66. The van der Waals surface area contributed by atoms with Crippen molar-refractivity contribution in [3.63, 3.8) is 0 Å². The minimum atomic E-state index is 0.801. The van der Waals surface area contributed by atoms with Crippen LogP contribution in [-0.2, 0) is 6.54 Å². The van der Waals surface area contributed by atoms with E-state index in [2.05, 4.69) is 24.0 Å². The molecule has 0 N–H and O–H groups in total. The van der Waals surface area contributed by atoms with Crippen molar-refractivity contribution in [3.8, 4) is 11.5 Å². The van der Waals surface area contributed by atoms with Crippen LogP contribution >= 0.6 is 0 Å². The highest BCUT2D eigenvalue weighted by molar-refractivity contribution is 5.42. The van der Waals surface area contributed by atoms with Gasteiger partial charge in [0.2, 0.25) is 0 Å². The molecule has 0 aromatic heterocycles. The molecule has 0 amide bonds. The Kier molecular flexibility index (Phi) is 5.08. The molecule has 2 rings (SSSR count). The van der Waals surface area contributed by atoms with Crippen molar-refractivity contribution < 1.29 is 9.47 Å². The number of nitrogens with zero attached hydrogens (tertiary/aromatic N) is 1. The van der Waals surface area contributed by atoms with Crippen LogP contribution in [0.3, 0.4) is 0 Å². The highest BCUT2D eigenvalue weighted by atomic mass is 16.5. The Morgan fingerprint density at radius 3 is 2.47 bits per heavy atom. The molecule has 0 heterocycles. The van der Waals surface area contributed by atoms with Crippen molar-refractivity contribution in [2.45, 2.75) is 32.7 Å². The fourth-order valence-electron chi connectivity index (χ4n) is 2.45. The second kappa shape index (κ2) is 6.80. The van der Waals surface area contributed by atoms with E-state index < -0.39 is 0 Å². The second-order valence-corrected chi connectivity index (χ2v) is 5.37. The van der Waals surface area contributed by atoms with Crippen LogP contribution in [0.1, 0.15) is 31.7 Å². The molecule has 3 heteroatoms. The summed E-state index contributed by atoms with van der Waals surface area (Å²) in [5.74, 6) is 2.56. The Morgan fingerprint density at radius 1 is 1.16 bits per heavy atom. The molecule has 19 heavy (non-hydrogen) atoms. The van der Waals surface area contributed by atoms with Gasteiger partial charge in [-0.1, -0.05) is 13.0 Å². The molecule has 1 aromatic carbocycles. The van der Waals surface area contributed by atoms with Crippen LogP contribution in [0.4, 0.5) is 0 Å². The lowest BCUT2D eigenvalue weighted by atomic mass is 10.1. The average Bonchev–Trinajstić information content (AvgIpc) is 3.22. The Hall–Kier alpha value is -1.22. The summed E-state index contributed by atoms with van der Waals surface area (Å²) >= 11 is 0. The molecule has 0 bridgehead atoms. The molecule has 1 aromatic rings. The molecule has 0 aliphatic heterocycles. The lowest BCUT2D eigenvalue weighted by Crippen LogP contribution is -2.26. The van der Waals surface area contributed by atoms with Crippen molar-refractivity contribution in [2.24, 2.45) is 5.92 Å². The van der Waals surface area contributed by atoms with E-state index in [1.165, 1.54) is 37.9 Å². The van der Waals surface area contributed by atoms with Crippen molar-refractivity contribution >= 4 is 0 Å². The first-order valence-electron chi connectivity index (χ1n) is 7.20. The largest absolute Gasteiger partial charge is 0.493 e. The van der Waals surface area contributed by atoms with Crippen LogP contribution in [0.15, 0.2) is 18.2 Å². The number of hydrogen-bond acceptors (Lipinski definition) is 3. The predicted molar refractivity (Wildman–Crippen MR) is 77.8 cm³/mol. The summed E-state index contributed by atoms with van der Waals surface area (Å²) in [6.07, 6.45) is 4.03. The van der Waals surface area contributed by atoms with E-state index in [1.54, 1.807) is 14.2 Å². The van der Waals surface area contributed by atoms with Crippen molar-refractivity contribution in [1.29, 1.82) is 0 Å². The third kappa shape index (κ3) is 4.13. The first-order valence-corrected chi connectivity index (χ1v) is 7.20. The molecule has 1 aliphatic carbocycles. The summed E-state index contributed by atoms with van der Waals surface area (Å²) in [5.41, 5.74) is 1.30. The normalized spacial score (nSPS) is 14.7. The van der Waals surface area contributed by atoms with E-state index in [9.17, 15) is 0 Å². The molecular weight excluding hydrogens is 238 g/mol. The summed E-state index contributed by atoms with van der Waals surface area (Å²) in [6, 6.07) is 6.22. The predicted octanol–water partition coefficient (Wildman–Crippen LogP) is 3.33. The van der Waals surface area contributed by atoms with Gasteiger partial charge >= 0.3 is 0 Å². The zero-order valence-electron chi connectivity index (χ0n) is 12.3. The van der Waals surface area contributed by atoms with Gasteiger partial charge in [0, 0.05) is 13.1 Å². The Balaban J connectivity index is 2.02. The quantitative estimate of drug-likeness (QED) is 0.718. The van der Waals surface area contributed by atoms with Gasteiger partial charge in [-0.3, -0.25) is 4.90 Å². The number of rotatable bonds is 8. The highest BCUT2D eigenvalue weighted by Crippen LogP contribution is 2.31. The first kappa shape index (κ1) is 14.2. The maximum Gasteiger partial charge on any atom is 0.161 e. The van der Waals surface area contributed by atoms with E-state index in [4.69, 9.17) is 9.47 Å². The van der Waals surface area contributed by atoms with E-state index in [0.717, 1.165) is 24.0 Å². The van der Waals surface area contributed by atoms with Gasteiger partial charge < -0.3 is 9.47 Å². The summed E-state index contributed by atoms with van der Waals surface area (Å²) in [5, 5.41) is 0. The summed E-state index contributed by atoms with van der Waals surface area (Å²) < 4.78 is 10.6. The van der Waals surface area contributed by atoms with Crippen LogP contribution in [0.5, 0.6) is 11.5 Å². The molecule has 1 saturated carbocycles. The lowest BCUT2D eigenvalue weighted by Gasteiger charge is -2.22. The molecule has 0 spiro atoms. The van der Waals surface area contributed by atoms with Crippen LogP contribution in [0.2, 0.25) is 0 Å². The summed E-state index contributed by atoms with van der Waals surface area (Å²) in [7, 11) is 3.36. The van der Waals surface area contributed by atoms with Crippen molar-refractivity contribution in [3.05, 3.63) is 23.8 Å². The molecule has 1 fully saturated rings. The maximum atomic E-state index is 5.37. The van der Waals surface area contributed by atoms with Gasteiger partial charge in [0.1, 0.15) is 0 Å². The number of ether oxygens (including phenoxy) is 2. The van der Waals surface area contributed by atoms with Gasteiger partial charge in [-0.2, -0.15) is 0 Å². The topological polar surface area (TPSA) is 21.7 Å². The number of methoxy groups -OCH3 is 2. The zero-order valence-corrected chi connectivity index (χ0v) is 12.3. The fraction of sp³-hybridized carbons (Fsp3) is 0.625. The molecule has 3 nitrogen and oxygen atoms in total. The summed E-state index contributed by atoms with van der Waals surface area (Å²) in [4.78, 5) is 2.55. The average molecular weight is 263 g/mol. The van der Waals surface area contributed by atoms with Gasteiger partial charge in [-0.05, 0) is 49.4 Å². The van der Waals surface area contributed by atoms with Gasteiger partial charge in [0.05, 0.1) is 14.2 Å².